The predicted octanol–water partition coefficient (Wildman–Crippen LogP) is 2.81. The third kappa shape index (κ3) is 3.90. The second kappa shape index (κ2) is 4.93. The molecule has 1 atom stereocenters. The van der Waals surface area contributed by atoms with E-state index in [-0.39, 0.29) is 12.5 Å². The minimum Gasteiger partial charge on any atom is -0.450 e. The summed E-state index contributed by atoms with van der Waals surface area (Å²) >= 11 is 0. The molecule has 0 aliphatic heterocycles. The first-order valence-corrected chi connectivity index (χ1v) is 5.35. The van der Waals surface area contributed by atoms with Crippen LogP contribution in [0.2, 0.25) is 0 Å². The molecule has 3 nitrogen and oxygen atoms in total. The topological polar surface area (TPSA) is 29.5 Å². The highest BCUT2D eigenvalue weighted by Crippen LogP contribution is 2.36. The zero-order chi connectivity index (χ0) is 12.3. The van der Waals surface area contributed by atoms with Crippen LogP contribution in [0.1, 0.15) is 26.7 Å². The summed E-state index contributed by atoms with van der Waals surface area (Å²) in [5.74, 6) is 0.187. The van der Waals surface area contributed by atoms with Gasteiger partial charge in [-0.1, -0.05) is 0 Å². The lowest BCUT2D eigenvalue weighted by Crippen LogP contribution is -2.45. The standard InChI is InChI=1S/C10H16F3NO2/c1-3-16-9(15)14(6-10(11,12)13)7(2)8-4-5-8/h7-8H,3-6H2,1-2H3. The molecule has 0 heterocycles. The number of hydrogen-bond donors (Lipinski definition) is 0. The van der Waals surface area contributed by atoms with E-state index in [4.69, 9.17) is 0 Å². The second-order valence-corrected chi connectivity index (χ2v) is 4.02. The van der Waals surface area contributed by atoms with Crippen molar-refractivity contribution in [1.82, 2.24) is 4.90 Å². The van der Waals surface area contributed by atoms with Crippen molar-refractivity contribution in [3.63, 3.8) is 0 Å². The van der Waals surface area contributed by atoms with Crippen LogP contribution in [0, 0.1) is 5.92 Å². The minimum absolute atomic E-state index is 0.0879. The van der Waals surface area contributed by atoms with E-state index in [0.717, 1.165) is 17.7 Å². The molecular weight excluding hydrogens is 223 g/mol. The fourth-order valence-electron chi connectivity index (χ4n) is 1.61. The van der Waals surface area contributed by atoms with Gasteiger partial charge in [0.05, 0.1) is 6.61 Å². The second-order valence-electron chi connectivity index (χ2n) is 4.02. The molecule has 0 aromatic heterocycles. The van der Waals surface area contributed by atoms with Crippen LogP contribution in [-0.4, -0.2) is 36.4 Å². The molecular formula is C10H16F3NO2. The monoisotopic (exact) mass is 239 g/mol. The Labute approximate surface area is 92.5 Å². The number of hydrogen-bond acceptors (Lipinski definition) is 2. The number of carbonyl (C=O) groups excluding carboxylic acids is 1. The third-order valence-electron chi connectivity index (χ3n) is 2.65. The van der Waals surface area contributed by atoms with Gasteiger partial charge in [0.25, 0.3) is 0 Å². The van der Waals surface area contributed by atoms with Crippen molar-refractivity contribution >= 4 is 6.09 Å². The molecule has 1 aliphatic carbocycles. The van der Waals surface area contributed by atoms with Crippen molar-refractivity contribution in [1.29, 1.82) is 0 Å². The van der Waals surface area contributed by atoms with Gasteiger partial charge in [-0.15, -0.1) is 0 Å². The largest absolute Gasteiger partial charge is 0.450 e. The van der Waals surface area contributed by atoms with Crippen molar-refractivity contribution in [2.45, 2.75) is 38.9 Å². The number of carbonyl (C=O) groups is 1. The van der Waals surface area contributed by atoms with Gasteiger partial charge >= 0.3 is 12.3 Å². The summed E-state index contributed by atoms with van der Waals surface area (Å²) in [6.45, 7) is 2.07. The Hall–Kier alpha value is -0.940. The normalized spacial score (nSPS) is 18.1. The van der Waals surface area contributed by atoms with Gasteiger partial charge in [-0.3, -0.25) is 4.90 Å². The number of halogens is 3. The minimum atomic E-state index is -4.38. The highest BCUT2D eigenvalue weighted by molar-refractivity contribution is 5.68. The number of nitrogens with zero attached hydrogens (tertiary/aromatic N) is 1. The lowest BCUT2D eigenvalue weighted by Gasteiger charge is -2.29. The van der Waals surface area contributed by atoms with Gasteiger partial charge in [0.1, 0.15) is 6.54 Å². The van der Waals surface area contributed by atoms with E-state index >= 15 is 0 Å². The average Bonchev–Trinajstić information content (AvgIpc) is 2.95. The van der Waals surface area contributed by atoms with E-state index in [2.05, 4.69) is 4.74 Å². The fraction of sp³-hybridized carbons (Fsp3) is 0.900. The molecule has 0 spiro atoms. The molecule has 0 N–H and O–H groups in total. The average molecular weight is 239 g/mol. The Morgan fingerprint density at radius 3 is 2.44 bits per heavy atom. The molecule has 6 heteroatoms. The molecule has 1 unspecified atom stereocenters. The van der Waals surface area contributed by atoms with Crippen molar-refractivity contribution in [2.24, 2.45) is 5.92 Å². The summed E-state index contributed by atoms with van der Waals surface area (Å²) in [6.07, 6.45) is -3.49. The van der Waals surface area contributed by atoms with Crippen molar-refractivity contribution in [3.8, 4) is 0 Å². The Kier molecular flexibility index (Phi) is 4.04. The van der Waals surface area contributed by atoms with Crippen LogP contribution >= 0.6 is 0 Å². The van der Waals surface area contributed by atoms with E-state index in [0.29, 0.717) is 0 Å². The molecule has 0 aromatic rings. The van der Waals surface area contributed by atoms with Crippen LogP contribution in [0.15, 0.2) is 0 Å². The molecule has 0 aromatic carbocycles. The molecule has 1 saturated carbocycles. The van der Waals surface area contributed by atoms with Gasteiger partial charge in [-0.25, -0.2) is 4.79 Å². The van der Waals surface area contributed by atoms with Crippen LogP contribution in [0.5, 0.6) is 0 Å². The summed E-state index contributed by atoms with van der Waals surface area (Å²) < 4.78 is 41.5. The van der Waals surface area contributed by atoms with Crippen molar-refractivity contribution in [2.75, 3.05) is 13.2 Å². The molecule has 1 amide bonds. The molecule has 0 radical (unpaired) electrons. The highest BCUT2D eigenvalue weighted by atomic mass is 19.4. The lowest BCUT2D eigenvalue weighted by atomic mass is 10.2. The van der Waals surface area contributed by atoms with Crippen LogP contribution in [0.4, 0.5) is 18.0 Å². The summed E-state index contributed by atoms with van der Waals surface area (Å²) in [4.78, 5) is 12.2. The van der Waals surface area contributed by atoms with E-state index in [9.17, 15) is 18.0 Å². The van der Waals surface area contributed by atoms with Crippen molar-refractivity contribution in [3.05, 3.63) is 0 Å². The van der Waals surface area contributed by atoms with E-state index in [1.807, 2.05) is 0 Å². The molecule has 16 heavy (non-hydrogen) atoms. The van der Waals surface area contributed by atoms with E-state index < -0.39 is 24.9 Å². The SMILES string of the molecule is CCOC(=O)N(CC(F)(F)F)C(C)C1CC1. The smallest absolute Gasteiger partial charge is 0.410 e. The summed E-state index contributed by atoms with van der Waals surface area (Å²) in [6, 6.07) is -0.402. The summed E-state index contributed by atoms with van der Waals surface area (Å²) in [5.41, 5.74) is 0. The first-order valence-electron chi connectivity index (χ1n) is 5.35. The number of amides is 1. The van der Waals surface area contributed by atoms with E-state index in [1.54, 1.807) is 13.8 Å². The van der Waals surface area contributed by atoms with Crippen LogP contribution in [0.3, 0.4) is 0 Å². The number of rotatable bonds is 4. The first-order chi connectivity index (χ1) is 7.35. The Bertz CT molecular complexity index is 251. The Balaban J connectivity index is 2.63. The van der Waals surface area contributed by atoms with Gasteiger partial charge in [0, 0.05) is 6.04 Å². The molecule has 1 fully saturated rings. The molecule has 0 saturated heterocycles. The predicted molar refractivity (Wildman–Crippen MR) is 52.0 cm³/mol. The fourth-order valence-corrected chi connectivity index (χ4v) is 1.61. The Morgan fingerprint density at radius 2 is 2.06 bits per heavy atom. The van der Waals surface area contributed by atoms with Gasteiger partial charge in [-0.2, -0.15) is 13.2 Å². The lowest BCUT2D eigenvalue weighted by molar-refractivity contribution is -0.147. The maximum Gasteiger partial charge on any atom is 0.410 e. The zero-order valence-electron chi connectivity index (χ0n) is 9.38. The quantitative estimate of drug-likeness (QED) is 0.755. The zero-order valence-corrected chi connectivity index (χ0v) is 9.38. The summed E-state index contributed by atoms with van der Waals surface area (Å²) in [7, 11) is 0. The van der Waals surface area contributed by atoms with Gasteiger partial charge in [-0.05, 0) is 32.6 Å². The van der Waals surface area contributed by atoms with Crippen LogP contribution in [-0.2, 0) is 4.74 Å². The third-order valence-corrected chi connectivity index (χ3v) is 2.65. The van der Waals surface area contributed by atoms with Crippen molar-refractivity contribution < 1.29 is 22.7 Å². The van der Waals surface area contributed by atoms with Crippen LogP contribution in [0.25, 0.3) is 0 Å². The summed E-state index contributed by atoms with van der Waals surface area (Å²) in [5, 5.41) is 0. The molecule has 0 bridgehead atoms. The number of ether oxygens (including phenoxy) is 1. The van der Waals surface area contributed by atoms with Gasteiger partial charge in [0.15, 0.2) is 0 Å². The van der Waals surface area contributed by atoms with Gasteiger partial charge in [0.2, 0.25) is 0 Å². The molecule has 1 aliphatic rings. The van der Waals surface area contributed by atoms with Gasteiger partial charge < -0.3 is 4.74 Å². The molecule has 94 valence electrons. The maximum atomic E-state index is 12.3. The van der Waals surface area contributed by atoms with Crippen LogP contribution < -0.4 is 0 Å². The number of alkyl halides is 3. The van der Waals surface area contributed by atoms with E-state index in [1.165, 1.54) is 0 Å². The Morgan fingerprint density at radius 1 is 1.50 bits per heavy atom. The molecule has 1 rings (SSSR count). The maximum absolute atomic E-state index is 12.3. The highest BCUT2D eigenvalue weighted by Gasteiger charge is 2.41. The first kappa shape index (κ1) is 13.1.